The van der Waals surface area contributed by atoms with Crippen LogP contribution in [0, 0.1) is 0 Å². The lowest BCUT2D eigenvalue weighted by atomic mass is 10.2. The molecule has 1 heterocycles. The fourth-order valence-electron chi connectivity index (χ4n) is 2.25. The van der Waals surface area contributed by atoms with Crippen molar-refractivity contribution in [3.63, 3.8) is 0 Å². The highest BCUT2D eigenvalue weighted by atomic mass is 35.5. The Kier molecular flexibility index (Phi) is 5.40. The molecule has 1 aliphatic rings. The van der Waals surface area contributed by atoms with Crippen LogP contribution < -0.4 is 10.6 Å². The van der Waals surface area contributed by atoms with Crippen molar-refractivity contribution in [2.24, 2.45) is 5.73 Å². The van der Waals surface area contributed by atoms with E-state index in [2.05, 4.69) is 0 Å². The van der Waals surface area contributed by atoms with Crippen molar-refractivity contribution >= 4 is 56.1 Å². The summed E-state index contributed by atoms with van der Waals surface area (Å²) >= 11 is 12.8. The van der Waals surface area contributed by atoms with Crippen molar-refractivity contribution < 1.29 is 8.42 Å². The number of thioether (sulfide) groups is 1. The lowest BCUT2D eigenvalue weighted by molar-refractivity contribution is 0.579. The van der Waals surface area contributed by atoms with Crippen LogP contribution >= 0.6 is 35.6 Å². The predicted molar refractivity (Wildman–Crippen MR) is 95.3 cm³/mol. The molecular formula is C13H17ClN2O2S3. The summed E-state index contributed by atoms with van der Waals surface area (Å²) in [7, 11) is -3.15. The summed E-state index contributed by atoms with van der Waals surface area (Å²) in [5, 5.41) is -0.0566. The number of hydrogen-bond donors (Lipinski definition) is 1. The first-order chi connectivity index (χ1) is 9.86. The van der Waals surface area contributed by atoms with E-state index in [1.165, 1.54) is 0 Å². The predicted octanol–water partition coefficient (Wildman–Crippen LogP) is 2.29. The molecule has 2 rings (SSSR count). The van der Waals surface area contributed by atoms with Gasteiger partial charge in [0, 0.05) is 35.1 Å². The van der Waals surface area contributed by atoms with Crippen molar-refractivity contribution in [1.82, 2.24) is 0 Å². The second kappa shape index (κ2) is 6.73. The van der Waals surface area contributed by atoms with Crippen molar-refractivity contribution in [2.75, 3.05) is 28.7 Å². The molecule has 8 heteroatoms. The van der Waals surface area contributed by atoms with Crippen LogP contribution in [0.5, 0.6) is 0 Å². The summed E-state index contributed by atoms with van der Waals surface area (Å²) < 4.78 is 24.5. The van der Waals surface area contributed by atoms with Crippen LogP contribution in [0.2, 0.25) is 5.02 Å². The van der Waals surface area contributed by atoms with Gasteiger partial charge in [-0.25, -0.2) is 8.42 Å². The number of rotatable bonds is 4. The fourth-order valence-corrected chi connectivity index (χ4v) is 5.75. The Hall–Kier alpha value is -0.500. The maximum Gasteiger partial charge on any atom is 0.171 e. The molecule has 0 aromatic heterocycles. The molecule has 0 spiro atoms. The molecule has 21 heavy (non-hydrogen) atoms. The van der Waals surface area contributed by atoms with Gasteiger partial charge in [-0.05, 0) is 18.2 Å². The highest BCUT2D eigenvalue weighted by Crippen LogP contribution is 2.30. The summed E-state index contributed by atoms with van der Waals surface area (Å²) in [6, 6.07) is 5.32. The number of hydrogen-bond acceptors (Lipinski definition) is 5. The van der Waals surface area contributed by atoms with E-state index in [9.17, 15) is 8.42 Å². The minimum absolute atomic E-state index is 0.132. The first-order valence-electron chi connectivity index (χ1n) is 6.52. The summed E-state index contributed by atoms with van der Waals surface area (Å²) in [5.74, 6) is 1.60. The van der Waals surface area contributed by atoms with Gasteiger partial charge in [0.1, 0.15) is 10.4 Å². The third kappa shape index (κ3) is 3.64. The first kappa shape index (κ1) is 16.9. The Bertz CT molecular complexity index is 649. The van der Waals surface area contributed by atoms with Crippen molar-refractivity contribution in [2.45, 2.75) is 12.3 Å². The highest BCUT2D eigenvalue weighted by molar-refractivity contribution is 8.01. The smallest absolute Gasteiger partial charge is 0.171 e. The molecule has 0 bridgehead atoms. The molecule has 1 saturated heterocycles. The molecule has 116 valence electrons. The summed E-state index contributed by atoms with van der Waals surface area (Å²) in [6.07, 6.45) is 0. The Morgan fingerprint density at radius 2 is 2.29 bits per heavy atom. The van der Waals surface area contributed by atoms with Gasteiger partial charge in [0.05, 0.1) is 5.02 Å². The third-order valence-electron chi connectivity index (χ3n) is 3.45. The Labute approximate surface area is 139 Å². The van der Waals surface area contributed by atoms with Crippen molar-refractivity contribution in [3.8, 4) is 0 Å². The Morgan fingerprint density at radius 3 is 2.86 bits per heavy atom. The lowest BCUT2D eigenvalue weighted by Gasteiger charge is -2.36. The molecule has 4 nitrogen and oxygen atoms in total. The molecule has 1 unspecified atom stereocenters. The van der Waals surface area contributed by atoms with E-state index < -0.39 is 15.2 Å². The number of halogens is 1. The molecule has 0 radical (unpaired) electrons. The van der Waals surface area contributed by atoms with Crippen LogP contribution in [-0.4, -0.2) is 42.6 Å². The zero-order valence-corrected chi connectivity index (χ0v) is 14.8. The van der Waals surface area contributed by atoms with Crippen LogP contribution in [0.1, 0.15) is 12.5 Å². The summed E-state index contributed by atoms with van der Waals surface area (Å²) in [4.78, 5) is 2.14. The van der Waals surface area contributed by atoms with E-state index in [0.717, 1.165) is 11.4 Å². The fraction of sp³-hybridized carbons (Fsp3) is 0.462. The first-order valence-corrected chi connectivity index (χ1v) is 10.2. The average molecular weight is 365 g/mol. The standard InChI is InChI=1S/C13H17ClN2O2S3/c1-2-21(17,18)12-8-20-6-5-16(12)9-3-4-10(13(15)19)11(14)7-9/h3-4,7,12H,2,5-6,8H2,1H3,(H2,15,19). The maximum absolute atomic E-state index is 12.3. The molecule has 1 aliphatic heterocycles. The number of benzene rings is 1. The van der Waals surface area contributed by atoms with E-state index in [1.807, 2.05) is 11.0 Å². The second-order valence-corrected chi connectivity index (χ2v) is 9.15. The molecule has 1 fully saturated rings. The molecule has 1 aromatic rings. The van der Waals surface area contributed by atoms with Crippen LogP contribution in [-0.2, 0) is 9.84 Å². The lowest BCUT2D eigenvalue weighted by Crippen LogP contribution is -2.48. The van der Waals surface area contributed by atoms with Gasteiger partial charge < -0.3 is 10.6 Å². The van der Waals surface area contributed by atoms with Gasteiger partial charge in [0.25, 0.3) is 0 Å². The van der Waals surface area contributed by atoms with Crippen molar-refractivity contribution in [1.29, 1.82) is 0 Å². The molecule has 1 atom stereocenters. The minimum atomic E-state index is -3.15. The van der Waals surface area contributed by atoms with Gasteiger partial charge in [-0.3, -0.25) is 0 Å². The summed E-state index contributed by atoms with van der Waals surface area (Å²) in [5.41, 5.74) is 7.00. The zero-order chi connectivity index (χ0) is 15.6. The van der Waals surface area contributed by atoms with Gasteiger partial charge in [0.2, 0.25) is 0 Å². The maximum atomic E-state index is 12.3. The minimum Gasteiger partial charge on any atom is -0.389 e. The van der Waals surface area contributed by atoms with Crippen LogP contribution in [0.3, 0.4) is 0 Å². The van der Waals surface area contributed by atoms with Crippen LogP contribution in [0.4, 0.5) is 5.69 Å². The molecular weight excluding hydrogens is 348 g/mol. The molecule has 1 aromatic carbocycles. The third-order valence-corrected chi connectivity index (χ3v) is 7.27. The van der Waals surface area contributed by atoms with E-state index in [4.69, 9.17) is 29.6 Å². The number of anilines is 1. The van der Waals surface area contributed by atoms with Gasteiger partial charge in [0.15, 0.2) is 9.84 Å². The number of nitrogens with two attached hydrogens (primary N) is 1. The SMILES string of the molecule is CCS(=O)(=O)C1CSCCN1c1ccc(C(N)=S)c(Cl)c1. The largest absolute Gasteiger partial charge is 0.389 e. The second-order valence-electron chi connectivity index (χ2n) is 4.70. The Balaban J connectivity index is 2.38. The van der Waals surface area contributed by atoms with E-state index in [-0.39, 0.29) is 10.7 Å². The number of nitrogens with zero attached hydrogens (tertiary/aromatic N) is 1. The van der Waals surface area contributed by atoms with Gasteiger partial charge in [-0.2, -0.15) is 11.8 Å². The number of sulfone groups is 1. The Morgan fingerprint density at radius 1 is 1.57 bits per heavy atom. The van der Waals surface area contributed by atoms with Crippen molar-refractivity contribution in [3.05, 3.63) is 28.8 Å². The molecule has 2 N–H and O–H groups in total. The van der Waals surface area contributed by atoms with E-state index in [1.54, 1.807) is 30.8 Å². The molecule has 0 aliphatic carbocycles. The zero-order valence-electron chi connectivity index (χ0n) is 11.6. The quantitative estimate of drug-likeness (QED) is 0.827. The van der Waals surface area contributed by atoms with Gasteiger partial charge >= 0.3 is 0 Å². The van der Waals surface area contributed by atoms with E-state index >= 15 is 0 Å². The van der Waals surface area contributed by atoms with E-state index in [0.29, 0.717) is 22.9 Å². The summed E-state index contributed by atoms with van der Waals surface area (Å²) in [6.45, 7) is 2.35. The van der Waals surface area contributed by atoms with Crippen LogP contribution in [0.15, 0.2) is 18.2 Å². The highest BCUT2D eigenvalue weighted by Gasteiger charge is 2.33. The van der Waals surface area contributed by atoms with Gasteiger partial charge in [-0.15, -0.1) is 0 Å². The molecule has 0 saturated carbocycles. The normalized spacial score (nSPS) is 19.5. The monoisotopic (exact) mass is 364 g/mol. The topological polar surface area (TPSA) is 63.4 Å². The number of thiocarbonyl (C=S) groups is 1. The average Bonchev–Trinajstić information content (AvgIpc) is 2.46. The molecule has 0 amide bonds. The van der Waals surface area contributed by atoms with Crippen LogP contribution in [0.25, 0.3) is 0 Å². The van der Waals surface area contributed by atoms with Gasteiger partial charge in [-0.1, -0.05) is 30.7 Å².